The van der Waals surface area contributed by atoms with Gasteiger partial charge in [-0.1, -0.05) is 34.8 Å². The van der Waals surface area contributed by atoms with Gasteiger partial charge < -0.3 is 10.4 Å². The zero-order chi connectivity index (χ0) is 15.2. The summed E-state index contributed by atoms with van der Waals surface area (Å²) in [6, 6.07) is 10.1. The highest BCUT2D eigenvalue weighted by Crippen LogP contribution is 2.43. The minimum absolute atomic E-state index is 0.0910. The largest absolute Gasteiger partial charge is 0.508 e. The second kappa shape index (κ2) is 5.09. The molecule has 1 aliphatic heterocycles. The maximum atomic E-state index is 10.1. The third-order valence-corrected chi connectivity index (χ3v) is 4.40. The molecular weight excluding hydrogens is 331 g/mol. The second-order valence-electron chi connectivity index (χ2n) is 4.98. The first kappa shape index (κ1) is 14.5. The zero-order valence-electron chi connectivity index (χ0n) is 11.0. The molecule has 2 aromatic carbocycles. The van der Waals surface area contributed by atoms with Gasteiger partial charge in [0, 0.05) is 15.6 Å². The van der Waals surface area contributed by atoms with Crippen LogP contribution in [0.3, 0.4) is 0 Å². The van der Waals surface area contributed by atoms with Gasteiger partial charge in [-0.15, -0.1) is 0 Å². The number of hydrogen-bond donors (Lipinski definition) is 2. The number of anilines is 1. The molecule has 21 heavy (non-hydrogen) atoms. The first-order valence-corrected chi connectivity index (χ1v) is 7.35. The summed E-state index contributed by atoms with van der Waals surface area (Å²) in [7, 11) is 0. The van der Waals surface area contributed by atoms with Crippen LogP contribution in [0, 0.1) is 0 Å². The molecule has 108 valence electrons. The normalized spacial score (nSPS) is 20.5. The Kier molecular flexibility index (Phi) is 3.52. The molecular formula is C15H11Cl3N2O. The molecule has 0 aromatic heterocycles. The summed E-state index contributed by atoms with van der Waals surface area (Å²) >= 11 is 18.4. The maximum Gasteiger partial charge on any atom is 0.136 e. The summed E-state index contributed by atoms with van der Waals surface area (Å²) in [5, 5.41) is 14.8. The molecule has 1 unspecified atom stereocenters. The Labute approximate surface area is 137 Å². The van der Waals surface area contributed by atoms with Crippen molar-refractivity contribution in [2.75, 3.05) is 5.32 Å². The lowest BCUT2D eigenvalue weighted by atomic mass is 9.90. The topological polar surface area (TPSA) is 44.6 Å². The van der Waals surface area contributed by atoms with Gasteiger partial charge >= 0.3 is 0 Å². The van der Waals surface area contributed by atoms with Crippen molar-refractivity contribution in [3.63, 3.8) is 0 Å². The van der Waals surface area contributed by atoms with Crippen LogP contribution in [0.5, 0.6) is 5.75 Å². The molecule has 1 aliphatic rings. The number of rotatable bonds is 1. The van der Waals surface area contributed by atoms with Crippen LogP contribution < -0.4 is 5.32 Å². The number of halogens is 3. The Morgan fingerprint density at radius 1 is 1.05 bits per heavy atom. The van der Waals surface area contributed by atoms with E-state index in [4.69, 9.17) is 34.8 Å². The number of fused-ring (bicyclic) bond motifs is 1. The standard InChI is InChI=1S/C15H11Cl3N2O/c1-15(10-6-8(16)3-5-13(10)21)14(18)19-11-4-2-9(17)7-12(11)20-15/h2-7,20-21H,1H3. The van der Waals surface area contributed by atoms with Crippen molar-refractivity contribution in [1.82, 2.24) is 0 Å². The average molecular weight is 342 g/mol. The first-order chi connectivity index (χ1) is 9.90. The highest BCUT2D eigenvalue weighted by Gasteiger charge is 2.37. The van der Waals surface area contributed by atoms with Gasteiger partial charge in [0.2, 0.25) is 0 Å². The smallest absolute Gasteiger partial charge is 0.136 e. The molecule has 2 aromatic rings. The first-order valence-electron chi connectivity index (χ1n) is 6.21. The second-order valence-corrected chi connectivity index (χ2v) is 6.21. The predicted molar refractivity (Wildman–Crippen MR) is 88.5 cm³/mol. The van der Waals surface area contributed by atoms with E-state index in [1.807, 2.05) is 6.92 Å². The van der Waals surface area contributed by atoms with Gasteiger partial charge in [-0.25, -0.2) is 4.99 Å². The van der Waals surface area contributed by atoms with Gasteiger partial charge in [0.25, 0.3) is 0 Å². The van der Waals surface area contributed by atoms with Crippen LogP contribution >= 0.6 is 34.8 Å². The Bertz CT molecular complexity index is 761. The number of aliphatic imine (C=N–C) groups is 1. The molecule has 0 saturated carbocycles. The van der Waals surface area contributed by atoms with Crippen molar-refractivity contribution in [3.05, 3.63) is 52.0 Å². The van der Waals surface area contributed by atoms with Crippen LogP contribution in [0.15, 0.2) is 41.4 Å². The highest BCUT2D eigenvalue weighted by molar-refractivity contribution is 6.68. The Morgan fingerprint density at radius 3 is 2.48 bits per heavy atom. The fourth-order valence-corrected chi connectivity index (χ4v) is 2.92. The lowest BCUT2D eigenvalue weighted by molar-refractivity contribution is 0.460. The van der Waals surface area contributed by atoms with E-state index in [9.17, 15) is 5.11 Å². The van der Waals surface area contributed by atoms with Crippen molar-refractivity contribution in [2.24, 2.45) is 4.99 Å². The van der Waals surface area contributed by atoms with Gasteiger partial charge in [-0.2, -0.15) is 0 Å². The van der Waals surface area contributed by atoms with Crippen molar-refractivity contribution in [1.29, 1.82) is 0 Å². The van der Waals surface area contributed by atoms with E-state index in [0.717, 1.165) is 5.69 Å². The summed E-state index contributed by atoms with van der Waals surface area (Å²) < 4.78 is 0. The molecule has 0 radical (unpaired) electrons. The van der Waals surface area contributed by atoms with Crippen LogP contribution in [0.1, 0.15) is 12.5 Å². The molecule has 0 amide bonds. The Hall–Kier alpha value is -1.42. The third-order valence-electron chi connectivity index (χ3n) is 3.47. The molecule has 6 heteroatoms. The van der Waals surface area contributed by atoms with Gasteiger partial charge in [0.05, 0.1) is 11.4 Å². The van der Waals surface area contributed by atoms with Crippen LogP contribution in [-0.4, -0.2) is 10.3 Å². The molecule has 0 bridgehead atoms. The van der Waals surface area contributed by atoms with E-state index in [-0.39, 0.29) is 5.75 Å². The number of phenols is 1. The van der Waals surface area contributed by atoms with Gasteiger partial charge in [-0.3, -0.25) is 0 Å². The predicted octanol–water partition coefficient (Wildman–Crippen LogP) is 5.31. The number of phenolic OH excluding ortho intramolecular Hbond substituents is 1. The van der Waals surface area contributed by atoms with Gasteiger partial charge in [0.15, 0.2) is 0 Å². The van der Waals surface area contributed by atoms with Crippen molar-refractivity contribution in [3.8, 4) is 5.75 Å². The number of hydrogen-bond acceptors (Lipinski definition) is 3. The van der Waals surface area contributed by atoms with E-state index in [0.29, 0.717) is 26.5 Å². The van der Waals surface area contributed by atoms with E-state index < -0.39 is 5.54 Å². The molecule has 0 fully saturated rings. The Morgan fingerprint density at radius 2 is 1.71 bits per heavy atom. The third kappa shape index (κ3) is 2.46. The lowest BCUT2D eigenvalue weighted by Gasteiger charge is -2.35. The van der Waals surface area contributed by atoms with Crippen LogP contribution in [-0.2, 0) is 5.54 Å². The van der Waals surface area contributed by atoms with Gasteiger partial charge in [-0.05, 0) is 43.3 Å². The van der Waals surface area contributed by atoms with Crippen LogP contribution in [0.2, 0.25) is 10.0 Å². The number of aromatic hydroxyl groups is 1. The minimum Gasteiger partial charge on any atom is -0.508 e. The number of benzene rings is 2. The fraction of sp³-hybridized carbons (Fsp3) is 0.133. The average Bonchev–Trinajstić information content (AvgIpc) is 2.43. The van der Waals surface area contributed by atoms with E-state index in [1.165, 1.54) is 6.07 Å². The fourth-order valence-electron chi connectivity index (χ4n) is 2.33. The summed E-state index contributed by atoms with van der Waals surface area (Å²) in [6.07, 6.45) is 0. The van der Waals surface area contributed by atoms with Crippen molar-refractivity contribution < 1.29 is 5.11 Å². The monoisotopic (exact) mass is 340 g/mol. The highest BCUT2D eigenvalue weighted by atomic mass is 35.5. The van der Waals surface area contributed by atoms with E-state index in [2.05, 4.69) is 10.3 Å². The molecule has 2 N–H and O–H groups in total. The summed E-state index contributed by atoms with van der Waals surface area (Å²) in [5.41, 5.74) is 1.11. The van der Waals surface area contributed by atoms with Crippen molar-refractivity contribution in [2.45, 2.75) is 12.5 Å². The summed E-state index contributed by atoms with van der Waals surface area (Å²) in [6.45, 7) is 1.83. The van der Waals surface area contributed by atoms with Crippen LogP contribution in [0.4, 0.5) is 11.4 Å². The molecule has 1 atom stereocenters. The minimum atomic E-state index is -0.881. The molecule has 0 aliphatic carbocycles. The van der Waals surface area contributed by atoms with Gasteiger partial charge in [0.1, 0.15) is 16.5 Å². The van der Waals surface area contributed by atoms with Crippen LogP contribution in [0.25, 0.3) is 0 Å². The van der Waals surface area contributed by atoms with E-state index >= 15 is 0 Å². The molecule has 3 rings (SSSR count). The Balaban J connectivity index is 2.17. The van der Waals surface area contributed by atoms with Crippen molar-refractivity contribution >= 4 is 51.3 Å². The number of nitrogens with zero attached hydrogens (tertiary/aromatic N) is 1. The lowest BCUT2D eigenvalue weighted by Crippen LogP contribution is -2.39. The zero-order valence-corrected chi connectivity index (χ0v) is 13.3. The summed E-state index contributed by atoms with van der Waals surface area (Å²) in [5.74, 6) is 0.0910. The molecule has 1 heterocycles. The molecule has 3 nitrogen and oxygen atoms in total. The van der Waals surface area contributed by atoms with E-state index in [1.54, 1.807) is 30.3 Å². The molecule has 0 spiro atoms. The SMILES string of the molecule is CC1(c2cc(Cl)ccc2O)Nc2cc(Cl)ccc2N=C1Cl. The molecule has 0 saturated heterocycles. The maximum absolute atomic E-state index is 10.1. The number of nitrogens with one attached hydrogen (secondary N) is 1. The summed E-state index contributed by atoms with van der Waals surface area (Å²) in [4.78, 5) is 4.39. The quantitative estimate of drug-likeness (QED) is 0.738.